The second kappa shape index (κ2) is 3.99. The van der Waals surface area contributed by atoms with Gasteiger partial charge in [-0.15, -0.1) is 11.8 Å². The summed E-state index contributed by atoms with van der Waals surface area (Å²) in [5, 5.41) is 6.24. The molecule has 1 aromatic rings. The van der Waals surface area contributed by atoms with Gasteiger partial charge >= 0.3 is 0 Å². The van der Waals surface area contributed by atoms with Crippen LogP contribution in [-0.2, 0) is 9.53 Å². The Morgan fingerprint density at radius 3 is 3.06 bits per heavy atom. The van der Waals surface area contributed by atoms with Gasteiger partial charge in [-0.3, -0.25) is 4.79 Å². The van der Waals surface area contributed by atoms with Gasteiger partial charge in [-0.2, -0.15) is 0 Å². The maximum atomic E-state index is 11.3. The van der Waals surface area contributed by atoms with E-state index < -0.39 is 0 Å². The fourth-order valence-electron chi connectivity index (χ4n) is 1.73. The number of fused-ring (bicyclic) bond motifs is 1. The maximum Gasteiger partial charge on any atom is 0.234 e. The van der Waals surface area contributed by atoms with Crippen molar-refractivity contribution in [3.8, 4) is 0 Å². The number of benzene rings is 1. The summed E-state index contributed by atoms with van der Waals surface area (Å²) in [6.07, 6.45) is 0. The molecule has 0 aliphatic carbocycles. The van der Waals surface area contributed by atoms with Crippen molar-refractivity contribution in [3.63, 3.8) is 0 Å². The smallest absolute Gasteiger partial charge is 0.234 e. The van der Waals surface area contributed by atoms with Crippen molar-refractivity contribution >= 4 is 29.0 Å². The van der Waals surface area contributed by atoms with Crippen LogP contribution in [0.5, 0.6) is 0 Å². The lowest BCUT2D eigenvalue weighted by Crippen LogP contribution is -2.40. The largest absolute Gasteiger partial charge is 0.378 e. The first-order chi connectivity index (χ1) is 7.81. The van der Waals surface area contributed by atoms with Gasteiger partial charge < -0.3 is 15.4 Å². The molecule has 16 heavy (non-hydrogen) atoms. The third-order valence-electron chi connectivity index (χ3n) is 2.62. The van der Waals surface area contributed by atoms with E-state index in [2.05, 4.69) is 10.6 Å². The highest BCUT2D eigenvalue weighted by Gasteiger charge is 2.19. The molecule has 1 aromatic carbocycles. The SMILES string of the molecule is O=C1CSc2ccc(NC3COC3)cc2N1. The van der Waals surface area contributed by atoms with Crippen molar-refractivity contribution < 1.29 is 9.53 Å². The Kier molecular flexibility index (Phi) is 2.49. The Balaban J connectivity index is 1.80. The molecule has 1 saturated heterocycles. The van der Waals surface area contributed by atoms with E-state index >= 15 is 0 Å². The standard InChI is InChI=1S/C11H12N2O2S/c14-11-6-16-10-2-1-7(3-9(10)13-11)12-8-4-15-5-8/h1-3,8,12H,4-6H2,(H,13,14). The summed E-state index contributed by atoms with van der Waals surface area (Å²) >= 11 is 1.58. The average molecular weight is 236 g/mol. The summed E-state index contributed by atoms with van der Waals surface area (Å²) in [5.74, 6) is 0.581. The van der Waals surface area contributed by atoms with Crippen molar-refractivity contribution in [2.75, 3.05) is 29.6 Å². The quantitative estimate of drug-likeness (QED) is 0.818. The van der Waals surface area contributed by atoms with Gasteiger partial charge in [0.25, 0.3) is 0 Å². The molecule has 0 unspecified atom stereocenters. The van der Waals surface area contributed by atoms with Crippen molar-refractivity contribution in [1.29, 1.82) is 0 Å². The Morgan fingerprint density at radius 2 is 2.31 bits per heavy atom. The van der Waals surface area contributed by atoms with Crippen LogP contribution in [0.25, 0.3) is 0 Å². The Labute approximate surface area is 97.7 Å². The van der Waals surface area contributed by atoms with Crippen molar-refractivity contribution in [2.24, 2.45) is 0 Å². The number of nitrogens with one attached hydrogen (secondary N) is 2. The molecule has 1 fully saturated rings. The van der Waals surface area contributed by atoms with E-state index in [0.717, 1.165) is 29.5 Å². The molecule has 0 spiro atoms. The normalized spacial score (nSPS) is 19.6. The van der Waals surface area contributed by atoms with Crippen LogP contribution < -0.4 is 10.6 Å². The minimum atomic E-state index is 0.0710. The van der Waals surface area contributed by atoms with Gasteiger partial charge in [0.15, 0.2) is 0 Å². The summed E-state index contributed by atoms with van der Waals surface area (Å²) in [6.45, 7) is 1.52. The van der Waals surface area contributed by atoms with Crippen molar-refractivity contribution in [2.45, 2.75) is 10.9 Å². The fourth-order valence-corrected chi connectivity index (χ4v) is 2.52. The molecule has 1 amide bonds. The molecule has 2 aliphatic rings. The number of rotatable bonds is 2. The lowest BCUT2D eigenvalue weighted by atomic mass is 10.2. The van der Waals surface area contributed by atoms with Crippen LogP contribution in [-0.4, -0.2) is 30.9 Å². The van der Waals surface area contributed by atoms with E-state index in [1.165, 1.54) is 0 Å². The first-order valence-electron chi connectivity index (χ1n) is 5.22. The van der Waals surface area contributed by atoms with Gasteiger partial charge in [-0.1, -0.05) is 0 Å². The predicted octanol–water partition coefficient (Wildman–Crippen LogP) is 1.54. The average Bonchev–Trinajstić information content (AvgIpc) is 2.23. The summed E-state index contributed by atoms with van der Waals surface area (Å²) in [4.78, 5) is 12.4. The van der Waals surface area contributed by atoms with E-state index in [-0.39, 0.29) is 5.91 Å². The van der Waals surface area contributed by atoms with Crippen LogP contribution in [0, 0.1) is 0 Å². The molecule has 0 atom stereocenters. The van der Waals surface area contributed by atoms with Crippen LogP contribution in [0.15, 0.2) is 23.1 Å². The van der Waals surface area contributed by atoms with Crippen LogP contribution in [0.3, 0.4) is 0 Å². The van der Waals surface area contributed by atoms with Gasteiger partial charge in [-0.05, 0) is 18.2 Å². The lowest BCUT2D eigenvalue weighted by Gasteiger charge is -2.28. The summed E-state index contributed by atoms with van der Waals surface area (Å²) in [7, 11) is 0. The van der Waals surface area contributed by atoms with E-state index in [1.54, 1.807) is 11.8 Å². The molecular formula is C11H12N2O2S. The number of thioether (sulfide) groups is 1. The molecule has 84 valence electrons. The van der Waals surface area contributed by atoms with Gasteiger partial charge in [0, 0.05) is 10.6 Å². The van der Waals surface area contributed by atoms with Crippen LogP contribution in [0.4, 0.5) is 11.4 Å². The molecule has 2 N–H and O–H groups in total. The summed E-state index contributed by atoms with van der Waals surface area (Å²) in [5.41, 5.74) is 1.95. The van der Waals surface area contributed by atoms with Gasteiger partial charge in [0.1, 0.15) is 0 Å². The molecular weight excluding hydrogens is 224 g/mol. The maximum absolute atomic E-state index is 11.3. The third kappa shape index (κ3) is 1.88. The molecule has 4 nitrogen and oxygen atoms in total. The van der Waals surface area contributed by atoms with Crippen molar-refractivity contribution in [1.82, 2.24) is 0 Å². The van der Waals surface area contributed by atoms with E-state index in [4.69, 9.17) is 4.74 Å². The van der Waals surface area contributed by atoms with Gasteiger partial charge in [0.05, 0.1) is 30.7 Å². The van der Waals surface area contributed by atoms with E-state index in [9.17, 15) is 4.79 Å². The second-order valence-electron chi connectivity index (χ2n) is 3.93. The lowest BCUT2D eigenvalue weighted by molar-refractivity contribution is -0.113. The monoisotopic (exact) mass is 236 g/mol. The van der Waals surface area contributed by atoms with Crippen LogP contribution in [0.2, 0.25) is 0 Å². The Bertz CT molecular complexity index is 432. The summed E-state index contributed by atoms with van der Waals surface area (Å²) in [6, 6.07) is 6.48. The molecule has 2 heterocycles. The van der Waals surface area contributed by atoms with Gasteiger partial charge in [-0.25, -0.2) is 0 Å². The van der Waals surface area contributed by atoms with Gasteiger partial charge in [0.2, 0.25) is 5.91 Å². The first-order valence-corrected chi connectivity index (χ1v) is 6.21. The molecule has 0 radical (unpaired) electrons. The molecule has 3 rings (SSSR count). The number of anilines is 2. The van der Waals surface area contributed by atoms with E-state index in [1.807, 2.05) is 18.2 Å². The number of amides is 1. The van der Waals surface area contributed by atoms with Crippen LogP contribution >= 0.6 is 11.8 Å². The molecule has 0 saturated carbocycles. The second-order valence-corrected chi connectivity index (χ2v) is 4.94. The zero-order valence-corrected chi connectivity index (χ0v) is 9.47. The Morgan fingerprint density at radius 1 is 1.44 bits per heavy atom. The number of hydrogen-bond donors (Lipinski definition) is 2. The minimum Gasteiger partial charge on any atom is -0.378 e. The zero-order chi connectivity index (χ0) is 11.0. The van der Waals surface area contributed by atoms with E-state index in [0.29, 0.717) is 11.8 Å². The number of carbonyl (C=O) groups is 1. The first kappa shape index (κ1) is 9.99. The number of carbonyl (C=O) groups excluding carboxylic acids is 1. The molecule has 0 bridgehead atoms. The zero-order valence-electron chi connectivity index (χ0n) is 8.66. The van der Waals surface area contributed by atoms with Crippen LogP contribution in [0.1, 0.15) is 0 Å². The molecule has 2 aliphatic heterocycles. The van der Waals surface area contributed by atoms with Crippen molar-refractivity contribution in [3.05, 3.63) is 18.2 Å². The molecule has 0 aromatic heterocycles. The molecule has 5 heteroatoms. The fraction of sp³-hybridized carbons (Fsp3) is 0.364. The highest BCUT2D eigenvalue weighted by Crippen LogP contribution is 2.33. The highest BCUT2D eigenvalue weighted by atomic mass is 32.2. The Hall–Kier alpha value is -1.20. The minimum absolute atomic E-state index is 0.0710. The highest BCUT2D eigenvalue weighted by molar-refractivity contribution is 8.00. The predicted molar refractivity (Wildman–Crippen MR) is 64.0 cm³/mol. The topological polar surface area (TPSA) is 50.4 Å². The number of ether oxygens (including phenoxy) is 1. The number of hydrogen-bond acceptors (Lipinski definition) is 4. The third-order valence-corrected chi connectivity index (χ3v) is 3.69. The summed E-state index contributed by atoms with van der Waals surface area (Å²) < 4.78 is 5.10.